The monoisotopic (exact) mass is 413 g/mol. The molecular weight excluding hydrogens is 395 g/mol. The smallest absolute Gasteiger partial charge is 0.255 e. The molecule has 0 N–H and O–H groups in total. The van der Waals surface area contributed by atoms with E-state index in [1.54, 1.807) is 6.07 Å². The van der Waals surface area contributed by atoms with Crippen molar-refractivity contribution in [1.29, 1.82) is 0 Å². The van der Waals surface area contributed by atoms with Crippen molar-refractivity contribution in [3.05, 3.63) is 21.3 Å². The highest BCUT2D eigenvalue weighted by molar-refractivity contribution is 14.1. The Bertz CT molecular complexity index is 497. The van der Waals surface area contributed by atoms with Crippen molar-refractivity contribution in [2.24, 2.45) is 0 Å². The highest BCUT2D eigenvalue weighted by atomic mass is 127. The number of halogens is 3. The van der Waals surface area contributed by atoms with Gasteiger partial charge in [0.05, 0.1) is 26.3 Å². The van der Waals surface area contributed by atoms with E-state index in [2.05, 4.69) is 0 Å². The standard InChI is InChI=1S/C14H18F2INO3/c1-4-5-18(8-13(15)16)14(19)9-6-11(20-2)12(21-3)7-10(9)17/h6-7,13H,4-5,8H2,1-3H3. The van der Waals surface area contributed by atoms with Crippen molar-refractivity contribution in [3.63, 3.8) is 0 Å². The molecule has 21 heavy (non-hydrogen) atoms. The Hall–Kier alpha value is -1.12. The third-order valence-corrected chi connectivity index (χ3v) is 3.74. The van der Waals surface area contributed by atoms with Gasteiger partial charge in [-0.15, -0.1) is 0 Å². The number of carbonyl (C=O) groups excluding carboxylic acids is 1. The quantitative estimate of drug-likeness (QED) is 0.644. The second kappa shape index (κ2) is 8.35. The van der Waals surface area contributed by atoms with Gasteiger partial charge in [0.2, 0.25) is 0 Å². The maximum atomic E-state index is 12.6. The highest BCUT2D eigenvalue weighted by Crippen LogP contribution is 2.32. The van der Waals surface area contributed by atoms with Crippen LogP contribution in [0.15, 0.2) is 12.1 Å². The van der Waals surface area contributed by atoms with Crippen LogP contribution in [0.1, 0.15) is 23.7 Å². The summed E-state index contributed by atoms with van der Waals surface area (Å²) in [6, 6.07) is 3.18. The summed E-state index contributed by atoms with van der Waals surface area (Å²) >= 11 is 1.98. The third kappa shape index (κ3) is 4.69. The number of nitrogens with zero attached hydrogens (tertiary/aromatic N) is 1. The van der Waals surface area contributed by atoms with Crippen molar-refractivity contribution >= 4 is 28.5 Å². The van der Waals surface area contributed by atoms with Crippen LogP contribution in [0, 0.1) is 3.57 Å². The maximum Gasteiger partial charge on any atom is 0.255 e. The molecule has 0 spiro atoms. The average molecular weight is 413 g/mol. The number of ether oxygens (including phenoxy) is 2. The fourth-order valence-corrected chi connectivity index (χ4v) is 2.57. The Labute approximate surface area is 136 Å². The molecule has 0 fully saturated rings. The normalized spacial score (nSPS) is 10.6. The highest BCUT2D eigenvalue weighted by Gasteiger charge is 2.22. The molecule has 0 heterocycles. The van der Waals surface area contributed by atoms with Crippen LogP contribution in [0.3, 0.4) is 0 Å². The van der Waals surface area contributed by atoms with Crippen LogP contribution < -0.4 is 9.47 Å². The molecule has 1 rings (SSSR count). The number of carbonyl (C=O) groups is 1. The van der Waals surface area contributed by atoms with Gasteiger partial charge >= 0.3 is 0 Å². The second-order valence-corrected chi connectivity index (χ2v) is 5.49. The van der Waals surface area contributed by atoms with E-state index in [-0.39, 0.29) is 6.54 Å². The predicted molar refractivity (Wildman–Crippen MR) is 84.5 cm³/mol. The predicted octanol–water partition coefficient (Wildman–Crippen LogP) is 3.43. The number of amides is 1. The van der Waals surface area contributed by atoms with Crippen molar-refractivity contribution < 1.29 is 23.0 Å². The molecule has 0 aromatic heterocycles. The Morgan fingerprint density at radius 3 is 2.33 bits per heavy atom. The van der Waals surface area contributed by atoms with Crippen molar-refractivity contribution in [2.45, 2.75) is 19.8 Å². The molecule has 0 aliphatic heterocycles. The van der Waals surface area contributed by atoms with E-state index in [1.807, 2.05) is 29.5 Å². The Morgan fingerprint density at radius 2 is 1.86 bits per heavy atom. The van der Waals surface area contributed by atoms with Crippen LogP contribution in [0.4, 0.5) is 8.78 Å². The summed E-state index contributed by atoms with van der Waals surface area (Å²) < 4.78 is 36.2. The molecule has 1 aromatic carbocycles. The van der Waals surface area contributed by atoms with Gasteiger partial charge in [-0.2, -0.15) is 0 Å². The molecule has 118 valence electrons. The van der Waals surface area contributed by atoms with Gasteiger partial charge in [-0.25, -0.2) is 8.78 Å². The SMILES string of the molecule is CCCN(CC(F)F)C(=O)c1cc(OC)c(OC)cc1I. The van der Waals surface area contributed by atoms with Crippen LogP contribution in [0.2, 0.25) is 0 Å². The van der Waals surface area contributed by atoms with Gasteiger partial charge in [0.25, 0.3) is 12.3 Å². The van der Waals surface area contributed by atoms with Gasteiger partial charge in [-0.3, -0.25) is 4.79 Å². The summed E-state index contributed by atoms with van der Waals surface area (Å²) in [5.74, 6) is 0.464. The van der Waals surface area contributed by atoms with E-state index in [0.29, 0.717) is 27.1 Å². The first-order valence-corrected chi connectivity index (χ1v) is 7.51. The average Bonchev–Trinajstić information content (AvgIpc) is 2.45. The molecular formula is C14H18F2INO3. The molecule has 0 aliphatic carbocycles. The van der Waals surface area contributed by atoms with Crippen LogP contribution in [0.5, 0.6) is 11.5 Å². The number of rotatable bonds is 7. The van der Waals surface area contributed by atoms with Crippen LogP contribution in [0.25, 0.3) is 0 Å². The van der Waals surface area contributed by atoms with Crippen LogP contribution in [-0.4, -0.2) is 44.5 Å². The lowest BCUT2D eigenvalue weighted by atomic mass is 10.1. The van der Waals surface area contributed by atoms with Gasteiger partial charge in [0.15, 0.2) is 11.5 Å². The molecule has 0 saturated heterocycles. The third-order valence-electron chi connectivity index (χ3n) is 2.84. The minimum Gasteiger partial charge on any atom is -0.493 e. The second-order valence-electron chi connectivity index (χ2n) is 4.33. The Balaban J connectivity index is 3.14. The largest absolute Gasteiger partial charge is 0.493 e. The van der Waals surface area contributed by atoms with Gasteiger partial charge in [-0.05, 0) is 41.1 Å². The lowest BCUT2D eigenvalue weighted by molar-refractivity contribution is 0.0554. The van der Waals surface area contributed by atoms with E-state index in [0.717, 1.165) is 4.90 Å². The van der Waals surface area contributed by atoms with Crippen LogP contribution in [-0.2, 0) is 0 Å². The van der Waals surface area contributed by atoms with Gasteiger partial charge in [-0.1, -0.05) is 6.92 Å². The summed E-state index contributed by atoms with van der Waals surface area (Å²) in [6.45, 7) is 1.55. The van der Waals surface area contributed by atoms with Gasteiger partial charge < -0.3 is 14.4 Å². The minimum absolute atomic E-state index is 0.285. The van der Waals surface area contributed by atoms with Crippen molar-refractivity contribution in [1.82, 2.24) is 4.90 Å². The maximum absolute atomic E-state index is 12.6. The fraction of sp³-hybridized carbons (Fsp3) is 0.500. The molecule has 0 aliphatic rings. The van der Waals surface area contributed by atoms with Crippen LogP contribution >= 0.6 is 22.6 Å². The minimum atomic E-state index is -2.56. The molecule has 1 aromatic rings. The summed E-state index contributed by atoms with van der Waals surface area (Å²) in [7, 11) is 2.96. The van der Waals surface area contributed by atoms with Gasteiger partial charge in [0, 0.05) is 10.1 Å². The molecule has 0 saturated carbocycles. The fourth-order valence-electron chi connectivity index (χ4n) is 1.90. The molecule has 7 heteroatoms. The number of hydrogen-bond donors (Lipinski definition) is 0. The van der Waals surface area contributed by atoms with Crippen molar-refractivity contribution in [3.8, 4) is 11.5 Å². The molecule has 0 radical (unpaired) electrons. The summed E-state index contributed by atoms with van der Waals surface area (Å²) in [4.78, 5) is 13.6. The number of hydrogen-bond acceptors (Lipinski definition) is 3. The molecule has 0 atom stereocenters. The summed E-state index contributed by atoms with van der Waals surface area (Å²) in [5.41, 5.74) is 0.336. The zero-order chi connectivity index (χ0) is 16.0. The molecule has 1 amide bonds. The first-order valence-electron chi connectivity index (χ1n) is 6.43. The van der Waals surface area contributed by atoms with Crippen molar-refractivity contribution in [2.75, 3.05) is 27.3 Å². The number of benzene rings is 1. The van der Waals surface area contributed by atoms with Gasteiger partial charge in [0.1, 0.15) is 0 Å². The molecule has 0 unspecified atom stereocenters. The first kappa shape index (κ1) is 17.9. The van der Waals surface area contributed by atoms with E-state index in [1.165, 1.54) is 20.3 Å². The number of methoxy groups -OCH3 is 2. The van der Waals surface area contributed by atoms with E-state index < -0.39 is 18.9 Å². The Kier molecular flexibility index (Phi) is 7.13. The lowest BCUT2D eigenvalue weighted by Crippen LogP contribution is -2.36. The summed E-state index contributed by atoms with van der Waals surface area (Å²) in [6.07, 6.45) is -1.94. The number of alkyl halides is 2. The summed E-state index contributed by atoms with van der Waals surface area (Å²) in [5, 5.41) is 0. The van der Waals surface area contributed by atoms with E-state index >= 15 is 0 Å². The first-order chi connectivity index (χ1) is 9.94. The van der Waals surface area contributed by atoms with E-state index in [9.17, 15) is 13.6 Å². The zero-order valence-corrected chi connectivity index (χ0v) is 14.3. The lowest BCUT2D eigenvalue weighted by Gasteiger charge is -2.23. The zero-order valence-electron chi connectivity index (χ0n) is 12.2. The van der Waals surface area contributed by atoms with E-state index in [4.69, 9.17) is 9.47 Å². The Morgan fingerprint density at radius 1 is 1.29 bits per heavy atom. The topological polar surface area (TPSA) is 38.8 Å². The molecule has 4 nitrogen and oxygen atoms in total. The molecule has 0 bridgehead atoms.